The fourth-order valence-electron chi connectivity index (χ4n) is 2.23. The van der Waals surface area contributed by atoms with Gasteiger partial charge in [-0.1, -0.05) is 0 Å². The molecule has 0 saturated carbocycles. The minimum atomic E-state index is -0.724. The smallest absolute Gasteiger partial charge is 0.242 e. The molecule has 1 aliphatic heterocycles. The molecule has 108 valence electrons. The molecule has 2 aromatic rings. The number of halogens is 2. The van der Waals surface area contributed by atoms with Crippen LogP contribution in [-0.4, -0.2) is 11.4 Å². The number of hydrogen-bond donors (Lipinski definition) is 0. The number of rotatable bonds is 1. The van der Waals surface area contributed by atoms with Crippen LogP contribution in [-0.2, 0) is 0 Å². The summed E-state index contributed by atoms with van der Waals surface area (Å²) in [5, 5.41) is 12.1. The normalized spacial score (nSPS) is 15.9. The highest BCUT2D eigenvalue weighted by Crippen LogP contribution is 2.37. The summed E-state index contributed by atoms with van der Waals surface area (Å²) in [6.07, 6.45) is 1.47. The van der Waals surface area contributed by atoms with Gasteiger partial charge in [0.2, 0.25) is 5.69 Å². The van der Waals surface area contributed by atoms with E-state index in [4.69, 9.17) is 4.74 Å². The molecule has 0 radical (unpaired) electrons. The lowest BCUT2D eigenvalue weighted by molar-refractivity contribution is -0.606. The van der Waals surface area contributed by atoms with Gasteiger partial charge in [0.1, 0.15) is 11.5 Å². The first-order valence-corrected chi connectivity index (χ1v) is 7.93. The number of ether oxygens (including phenoxy) is 1. The Hall–Kier alpha value is -1.40. The van der Waals surface area contributed by atoms with Crippen LogP contribution in [0.2, 0.25) is 0 Å². The Morgan fingerprint density at radius 2 is 1.90 bits per heavy atom. The Morgan fingerprint density at radius 3 is 2.62 bits per heavy atom. The maximum atomic E-state index is 12.1. The molecular weight excluding hydrogens is 400 g/mol. The minimum absolute atomic E-state index is 0.504. The third kappa shape index (κ3) is 2.70. The third-order valence-electron chi connectivity index (χ3n) is 3.09. The predicted octanol–water partition coefficient (Wildman–Crippen LogP) is 3.81. The van der Waals surface area contributed by atoms with Crippen molar-refractivity contribution in [1.82, 2.24) is 0 Å². The minimum Gasteiger partial charge on any atom is -0.618 e. The van der Waals surface area contributed by atoms with E-state index < -0.39 is 5.72 Å². The number of aromatic nitrogens is 1. The molecule has 0 bridgehead atoms. The van der Waals surface area contributed by atoms with Gasteiger partial charge in [-0.15, -0.1) is 0 Å². The van der Waals surface area contributed by atoms with Crippen LogP contribution in [0.25, 0.3) is 0 Å². The first-order valence-electron chi connectivity index (χ1n) is 6.34. The number of aliphatic imine (C=N–C) groups is 1. The fraction of sp³-hybridized carbons (Fsp3) is 0.200. The fourth-order valence-corrected chi connectivity index (χ4v) is 2.89. The maximum absolute atomic E-state index is 12.1. The van der Waals surface area contributed by atoms with Gasteiger partial charge in [0.05, 0.1) is 5.56 Å². The summed E-state index contributed by atoms with van der Waals surface area (Å²) >= 11 is 6.95. The lowest BCUT2D eigenvalue weighted by Crippen LogP contribution is -2.39. The number of nitrogens with zero attached hydrogens (tertiary/aromatic N) is 2. The van der Waals surface area contributed by atoms with Gasteiger partial charge >= 0.3 is 0 Å². The van der Waals surface area contributed by atoms with Crippen molar-refractivity contribution in [3.05, 3.63) is 61.9 Å². The molecule has 3 rings (SSSR count). The van der Waals surface area contributed by atoms with E-state index in [0.29, 0.717) is 17.2 Å². The molecule has 2 heterocycles. The Kier molecular flexibility index (Phi) is 3.53. The van der Waals surface area contributed by atoms with Gasteiger partial charge in [-0.2, -0.15) is 4.73 Å². The summed E-state index contributed by atoms with van der Waals surface area (Å²) in [6.45, 7) is 3.73. The average molecular weight is 412 g/mol. The highest BCUT2D eigenvalue weighted by molar-refractivity contribution is 9.13. The molecule has 21 heavy (non-hydrogen) atoms. The van der Waals surface area contributed by atoms with Crippen LogP contribution in [0.4, 0.5) is 0 Å². The number of fused-ring (bicyclic) bond motifs is 1. The quantitative estimate of drug-likeness (QED) is 0.529. The van der Waals surface area contributed by atoms with Gasteiger partial charge in [0.15, 0.2) is 11.9 Å². The van der Waals surface area contributed by atoms with Crippen LogP contribution < -0.4 is 9.47 Å². The molecule has 6 heteroatoms. The van der Waals surface area contributed by atoms with E-state index in [1.54, 1.807) is 12.1 Å². The van der Waals surface area contributed by atoms with Crippen molar-refractivity contribution in [2.45, 2.75) is 19.6 Å². The Bertz CT molecular complexity index is 757. The molecule has 1 aliphatic rings. The van der Waals surface area contributed by atoms with Crippen molar-refractivity contribution >= 4 is 37.6 Å². The molecule has 0 saturated heterocycles. The van der Waals surface area contributed by atoms with Crippen molar-refractivity contribution in [3.8, 4) is 5.75 Å². The molecule has 0 atom stereocenters. The molecule has 0 amide bonds. The first-order chi connectivity index (χ1) is 9.87. The van der Waals surface area contributed by atoms with Crippen molar-refractivity contribution in [2.75, 3.05) is 0 Å². The largest absolute Gasteiger partial charge is 0.618 e. The second-order valence-electron chi connectivity index (χ2n) is 5.18. The number of pyridine rings is 1. The molecule has 0 unspecified atom stereocenters. The van der Waals surface area contributed by atoms with Gasteiger partial charge in [-0.25, -0.2) is 4.99 Å². The average Bonchev–Trinajstić information content (AvgIpc) is 2.40. The second kappa shape index (κ2) is 5.10. The van der Waals surface area contributed by atoms with Crippen LogP contribution in [0.3, 0.4) is 0 Å². The lowest BCUT2D eigenvalue weighted by Gasteiger charge is -2.29. The monoisotopic (exact) mass is 410 g/mol. The molecule has 1 aromatic heterocycles. The van der Waals surface area contributed by atoms with E-state index >= 15 is 0 Å². The van der Waals surface area contributed by atoms with Gasteiger partial charge in [-0.3, -0.25) is 0 Å². The number of benzene rings is 1. The predicted molar refractivity (Wildman–Crippen MR) is 87.6 cm³/mol. The SMILES string of the molecule is CC1(C)N=C(c2cccc[n+]2[O-])c2cc(Br)c(Br)cc2O1. The van der Waals surface area contributed by atoms with E-state index in [2.05, 4.69) is 36.9 Å². The summed E-state index contributed by atoms with van der Waals surface area (Å²) < 4.78 is 8.49. The highest BCUT2D eigenvalue weighted by atomic mass is 79.9. The van der Waals surface area contributed by atoms with Crippen molar-refractivity contribution in [1.29, 1.82) is 0 Å². The zero-order valence-electron chi connectivity index (χ0n) is 11.4. The van der Waals surface area contributed by atoms with Crippen molar-refractivity contribution in [2.24, 2.45) is 4.99 Å². The Labute approximate surface area is 139 Å². The molecule has 0 fully saturated rings. The molecule has 1 aromatic carbocycles. The summed E-state index contributed by atoms with van der Waals surface area (Å²) in [4.78, 5) is 4.59. The zero-order chi connectivity index (χ0) is 15.2. The van der Waals surface area contributed by atoms with Crippen molar-refractivity contribution < 1.29 is 9.47 Å². The Balaban J connectivity index is 2.27. The van der Waals surface area contributed by atoms with Crippen LogP contribution in [0.15, 0.2) is 50.5 Å². The standard InChI is InChI=1S/C15H12Br2N2O2/c1-15(2)18-14(12-5-3-4-6-19(12)20)9-7-10(16)11(17)8-13(9)21-15/h3-8H,1-2H3. The number of hydrogen-bond acceptors (Lipinski definition) is 3. The third-order valence-corrected chi connectivity index (χ3v) is 4.93. The van der Waals surface area contributed by atoms with Gasteiger partial charge in [-0.05, 0) is 63.9 Å². The van der Waals surface area contributed by atoms with Crippen LogP contribution in [0.5, 0.6) is 5.75 Å². The first kappa shape index (κ1) is 14.5. The Morgan fingerprint density at radius 1 is 1.19 bits per heavy atom. The zero-order valence-corrected chi connectivity index (χ0v) is 14.6. The topological polar surface area (TPSA) is 48.5 Å². The lowest BCUT2D eigenvalue weighted by atomic mass is 10.0. The van der Waals surface area contributed by atoms with E-state index in [1.165, 1.54) is 6.20 Å². The van der Waals surface area contributed by atoms with Crippen LogP contribution in [0.1, 0.15) is 25.1 Å². The van der Waals surface area contributed by atoms with E-state index in [0.717, 1.165) is 19.2 Å². The van der Waals surface area contributed by atoms with E-state index in [1.807, 2.05) is 32.0 Å². The van der Waals surface area contributed by atoms with Crippen molar-refractivity contribution in [3.63, 3.8) is 0 Å². The molecule has 4 nitrogen and oxygen atoms in total. The van der Waals surface area contributed by atoms with Gasteiger partial charge < -0.3 is 9.94 Å². The molecule has 0 N–H and O–H groups in total. The molecule has 0 aliphatic carbocycles. The summed E-state index contributed by atoms with van der Waals surface area (Å²) in [5.41, 5.74) is 1.20. The summed E-state index contributed by atoms with van der Waals surface area (Å²) in [5.74, 6) is 0.698. The van der Waals surface area contributed by atoms with Crippen LogP contribution >= 0.6 is 31.9 Å². The van der Waals surface area contributed by atoms with E-state index in [-0.39, 0.29) is 0 Å². The second-order valence-corrected chi connectivity index (χ2v) is 6.89. The van der Waals surface area contributed by atoms with Gasteiger partial charge in [0.25, 0.3) is 0 Å². The molecular formula is C15H12Br2N2O2. The molecule has 0 spiro atoms. The highest BCUT2D eigenvalue weighted by Gasteiger charge is 2.32. The van der Waals surface area contributed by atoms with Crippen LogP contribution in [0, 0.1) is 5.21 Å². The van der Waals surface area contributed by atoms with Gasteiger partial charge in [0, 0.05) is 21.1 Å². The summed E-state index contributed by atoms with van der Waals surface area (Å²) in [7, 11) is 0. The maximum Gasteiger partial charge on any atom is 0.242 e. The summed E-state index contributed by atoms with van der Waals surface area (Å²) in [6, 6.07) is 9.06. The van der Waals surface area contributed by atoms with E-state index in [9.17, 15) is 5.21 Å².